The van der Waals surface area contributed by atoms with E-state index in [0.29, 0.717) is 11.9 Å². The molecule has 1 heterocycles. The van der Waals surface area contributed by atoms with E-state index in [9.17, 15) is 0 Å². The van der Waals surface area contributed by atoms with Gasteiger partial charge in [-0.1, -0.05) is 19.1 Å². The van der Waals surface area contributed by atoms with Crippen LogP contribution in [0.25, 0.3) is 11.3 Å². The summed E-state index contributed by atoms with van der Waals surface area (Å²) < 4.78 is 5.30. The van der Waals surface area contributed by atoms with Gasteiger partial charge in [0.25, 0.3) is 0 Å². The lowest BCUT2D eigenvalue weighted by molar-refractivity contribution is 0.415. The topological polar surface area (TPSA) is 61.0 Å². The Hall–Kier alpha value is -2.10. The summed E-state index contributed by atoms with van der Waals surface area (Å²) in [7, 11) is 1.67. The Morgan fingerprint density at radius 3 is 2.95 bits per heavy atom. The minimum atomic E-state index is 0.357. The Morgan fingerprint density at radius 1 is 1.30 bits per heavy atom. The largest absolute Gasteiger partial charge is 0.497 e. The van der Waals surface area contributed by atoms with Crippen molar-refractivity contribution >= 4 is 5.95 Å². The second-order valence-corrected chi connectivity index (χ2v) is 5.32. The molecule has 0 spiro atoms. The SMILES string of the molecule is COc1cccc(-c2nc(N)nc3c2CCCC3C)c1. The van der Waals surface area contributed by atoms with Crippen molar-refractivity contribution in [1.29, 1.82) is 0 Å². The average Bonchev–Trinajstić information content (AvgIpc) is 2.47. The molecule has 1 aliphatic carbocycles. The third kappa shape index (κ3) is 2.22. The molecule has 20 heavy (non-hydrogen) atoms. The quantitative estimate of drug-likeness (QED) is 0.909. The van der Waals surface area contributed by atoms with Crippen molar-refractivity contribution in [2.75, 3.05) is 12.8 Å². The second-order valence-electron chi connectivity index (χ2n) is 5.32. The van der Waals surface area contributed by atoms with Crippen LogP contribution in [-0.2, 0) is 6.42 Å². The highest BCUT2D eigenvalue weighted by Gasteiger charge is 2.23. The van der Waals surface area contributed by atoms with Crippen LogP contribution in [0.4, 0.5) is 5.95 Å². The van der Waals surface area contributed by atoms with Gasteiger partial charge in [-0.2, -0.15) is 0 Å². The fourth-order valence-corrected chi connectivity index (χ4v) is 2.90. The van der Waals surface area contributed by atoms with Crippen LogP contribution in [0.3, 0.4) is 0 Å². The smallest absolute Gasteiger partial charge is 0.220 e. The molecular formula is C16H19N3O. The van der Waals surface area contributed by atoms with Crippen molar-refractivity contribution in [3.8, 4) is 17.0 Å². The summed E-state index contributed by atoms with van der Waals surface area (Å²) in [6, 6.07) is 7.96. The van der Waals surface area contributed by atoms with Gasteiger partial charge in [-0.05, 0) is 37.3 Å². The maximum atomic E-state index is 5.90. The molecule has 1 atom stereocenters. The van der Waals surface area contributed by atoms with Crippen LogP contribution in [0.15, 0.2) is 24.3 Å². The van der Waals surface area contributed by atoms with Crippen LogP contribution in [-0.4, -0.2) is 17.1 Å². The summed E-state index contributed by atoms with van der Waals surface area (Å²) >= 11 is 0. The number of hydrogen-bond acceptors (Lipinski definition) is 4. The predicted molar refractivity (Wildman–Crippen MR) is 79.8 cm³/mol. The van der Waals surface area contributed by atoms with Crippen LogP contribution in [0.2, 0.25) is 0 Å². The van der Waals surface area contributed by atoms with E-state index in [2.05, 4.69) is 16.9 Å². The number of nitrogens with zero attached hydrogens (tertiary/aromatic N) is 2. The Morgan fingerprint density at radius 2 is 2.15 bits per heavy atom. The van der Waals surface area contributed by atoms with E-state index in [4.69, 9.17) is 10.5 Å². The van der Waals surface area contributed by atoms with E-state index in [1.807, 2.05) is 24.3 Å². The van der Waals surface area contributed by atoms with E-state index in [0.717, 1.165) is 29.1 Å². The third-order valence-corrected chi connectivity index (χ3v) is 3.93. The van der Waals surface area contributed by atoms with E-state index in [1.165, 1.54) is 18.4 Å². The van der Waals surface area contributed by atoms with Gasteiger partial charge < -0.3 is 10.5 Å². The van der Waals surface area contributed by atoms with Gasteiger partial charge in [-0.25, -0.2) is 9.97 Å². The molecule has 1 unspecified atom stereocenters. The van der Waals surface area contributed by atoms with Crippen LogP contribution in [0, 0.1) is 0 Å². The molecule has 0 bridgehead atoms. The number of methoxy groups -OCH3 is 1. The number of ether oxygens (including phenoxy) is 1. The highest BCUT2D eigenvalue weighted by atomic mass is 16.5. The van der Waals surface area contributed by atoms with E-state index in [1.54, 1.807) is 7.11 Å². The molecule has 1 aromatic heterocycles. The van der Waals surface area contributed by atoms with Gasteiger partial charge in [0.05, 0.1) is 18.5 Å². The Balaban J connectivity index is 2.17. The molecule has 2 N–H and O–H groups in total. The molecule has 3 rings (SSSR count). The monoisotopic (exact) mass is 269 g/mol. The summed E-state index contributed by atoms with van der Waals surface area (Å²) in [6.45, 7) is 2.21. The molecule has 1 aromatic carbocycles. The minimum Gasteiger partial charge on any atom is -0.497 e. The number of rotatable bonds is 2. The first kappa shape index (κ1) is 12.9. The van der Waals surface area contributed by atoms with Gasteiger partial charge in [0.1, 0.15) is 5.75 Å². The maximum absolute atomic E-state index is 5.90. The standard InChI is InChI=1S/C16H19N3O/c1-10-5-3-8-13-14(10)18-16(17)19-15(13)11-6-4-7-12(9-11)20-2/h4,6-7,9-10H,3,5,8H2,1-2H3,(H2,17,18,19). The summed E-state index contributed by atoms with van der Waals surface area (Å²) in [5, 5.41) is 0. The molecule has 0 saturated carbocycles. The highest BCUT2D eigenvalue weighted by molar-refractivity contribution is 5.67. The first-order valence-corrected chi connectivity index (χ1v) is 6.99. The fraction of sp³-hybridized carbons (Fsp3) is 0.375. The van der Waals surface area contributed by atoms with Crippen molar-refractivity contribution in [2.24, 2.45) is 0 Å². The summed E-state index contributed by atoms with van der Waals surface area (Å²) in [6.07, 6.45) is 3.37. The number of fused-ring (bicyclic) bond motifs is 1. The average molecular weight is 269 g/mol. The zero-order valence-electron chi connectivity index (χ0n) is 11.9. The Labute approximate surface area is 119 Å². The number of benzene rings is 1. The number of hydrogen-bond donors (Lipinski definition) is 1. The van der Waals surface area contributed by atoms with Gasteiger partial charge in [-0.15, -0.1) is 0 Å². The van der Waals surface area contributed by atoms with Crippen LogP contribution >= 0.6 is 0 Å². The summed E-state index contributed by atoms with van der Waals surface area (Å²) in [5.41, 5.74) is 10.3. The highest BCUT2D eigenvalue weighted by Crippen LogP contribution is 2.36. The number of nitrogen functional groups attached to an aromatic ring is 1. The third-order valence-electron chi connectivity index (χ3n) is 3.93. The number of aromatic nitrogens is 2. The molecule has 2 aromatic rings. The zero-order valence-corrected chi connectivity index (χ0v) is 11.9. The minimum absolute atomic E-state index is 0.357. The van der Waals surface area contributed by atoms with Crippen molar-refractivity contribution in [2.45, 2.75) is 32.1 Å². The van der Waals surface area contributed by atoms with Crippen molar-refractivity contribution < 1.29 is 4.74 Å². The van der Waals surface area contributed by atoms with E-state index < -0.39 is 0 Å². The lowest BCUT2D eigenvalue weighted by Gasteiger charge is -2.23. The van der Waals surface area contributed by atoms with Gasteiger partial charge in [-0.3, -0.25) is 0 Å². The first-order chi connectivity index (χ1) is 9.69. The van der Waals surface area contributed by atoms with Crippen LogP contribution in [0.1, 0.15) is 36.9 Å². The molecule has 0 radical (unpaired) electrons. The van der Waals surface area contributed by atoms with Gasteiger partial charge >= 0.3 is 0 Å². The van der Waals surface area contributed by atoms with Crippen LogP contribution in [0.5, 0.6) is 5.75 Å². The summed E-state index contributed by atoms with van der Waals surface area (Å²) in [5.74, 6) is 1.64. The van der Waals surface area contributed by atoms with Gasteiger partial charge in [0.15, 0.2) is 0 Å². The zero-order chi connectivity index (χ0) is 14.1. The lowest BCUT2D eigenvalue weighted by Crippen LogP contribution is -2.14. The molecule has 0 amide bonds. The van der Waals surface area contributed by atoms with Crippen molar-refractivity contribution in [3.63, 3.8) is 0 Å². The van der Waals surface area contributed by atoms with Crippen molar-refractivity contribution in [3.05, 3.63) is 35.5 Å². The second kappa shape index (κ2) is 5.12. The number of anilines is 1. The molecule has 0 aliphatic heterocycles. The van der Waals surface area contributed by atoms with Crippen molar-refractivity contribution in [1.82, 2.24) is 9.97 Å². The lowest BCUT2D eigenvalue weighted by atomic mass is 9.86. The van der Waals surface area contributed by atoms with Crippen LogP contribution < -0.4 is 10.5 Å². The normalized spacial score (nSPS) is 17.6. The number of nitrogens with two attached hydrogens (primary N) is 1. The van der Waals surface area contributed by atoms with E-state index in [-0.39, 0.29) is 0 Å². The molecule has 1 aliphatic rings. The molecule has 4 nitrogen and oxygen atoms in total. The Bertz CT molecular complexity index is 640. The first-order valence-electron chi connectivity index (χ1n) is 6.99. The summed E-state index contributed by atoms with van der Waals surface area (Å²) in [4.78, 5) is 8.94. The molecule has 104 valence electrons. The maximum Gasteiger partial charge on any atom is 0.220 e. The predicted octanol–water partition coefficient (Wildman–Crippen LogP) is 3.17. The molecular weight excluding hydrogens is 250 g/mol. The van der Waals surface area contributed by atoms with Gasteiger partial charge in [0, 0.05) is 11.1 Å². The van der Waals surface area contributed by atoms with Gasteiger partial charge in [0.2, 0.25) is 5.95 Å². The Kier molecular flexibility index (Phi) is 3.30. The van der Waals surface area contributed by atoms with E-state index >= 15 is 0 Å². The fourth-order valence-electron chi connectivity index (χ4n) is 2.90. The molecule has 4 heteroatoms. The molecule has 0 fully saturated rings. The molecule has 0 saturated heterocycles.